The smallest absolute Gasteiger partial charge is 0.247 e. The highest BCUT2D eigenvalue weighted by Crippen LogP contribution is 2.38. The van der Waals surface area contributed by atoms with Crippen molar-refractivity contribution < 1.29 is 18.7 Å². The molecule has 0 bridgehead atoms. The average molecular weight is 420 g/mol. The number of methoxy groups -OCH3 is 2. The van der Waals surface area contributed by atoms with E-state index in [9.17, 15) is 4.79 Å². The topological polar surface area (TPSA) is 51.9 Å². The van der Waals surface area contributed by atoms with Crippen molar-refractivity contribution in [2.24, 2.45) is 0 Å². The van der Waals surface area contributed by atoms with Crippen molar-refractivity contribution in [2.75, 3.05) is 20.8 Å². The van der Waals surface area contributed by atoms with Crippen molar-refractivity contribution in [1.29, 1.82) is 0 Å². The zero-order valence-corrected chi connectivity index (χ0v) is 18.6. The number of hydrogen-bond donors (Lipinski definition) is 0. The number of hydrogen-bond acceptors (Lipinski definition) is 4. The molecule has 0 aliphatic carbocycles. The summed E-state index contributed by atoms with van der Waals surface area (Å²) in [5, 5.41) is 0.979. The quantitative estimate of drug-likeness (QED) is 0.482. The van der Waals surface area contributed by atoms with Crippen LogP contribution in [0.2, 0.25) is 0 Å². The van der Waals surface area contributed by atoms with Crippen LogP contribution >= 0.6 is 0 Å². The molecule has 5 heteroatoms. The fraction of sp³-hybridized carbons (Fsp3) is 0.346. The fourth-order valence-corrected chi connectivity index (χ4v) is 4.30. The first-order valence-corrected chi connectivity index (χ1v) is 10.7. The van der Waals surface area contributed by atoms with Gasteiger partial charge in [0.2, 0.25) is 5.91 Å². The minimum Gasteiger partial charge on any atom is -0.497 e. The molecule has 0 spiro atoms. The van der Waals surface area contributed by atoms with Gasteiger partial charge in [0, 0.05) is 41.2 Å². The molecular weight excluding hydrogens is 390 g/mol. The third kappa shape index (κ3) is 4.18. The van der Waals surface area contributed by atoms with Gasteiger partial charge in [0.15, 0.2) is 0 Å². The number of fused-ring (bicyclic) bond motifs is 1. The van der Waals surface area contributed by atoms with Gasteiger partial charge < -0.3 is 18.8 Å². The number of furan rings is 1. The Bertz CT molecular complexity index is 1110. The number of piperidine rings is 1. The lowest BCUT2D eigenvalue weighted by molar-refractivity contribution is -0.129. The summed E-state index contributed by atoms with van der Waals surface area (Å²) in [4.78, 5) is 14.9. The first-order chi connectivity index (χ1) is 15.0. The molecule has 1 aliphatic rings. The molecule has 1 amide bonds. The predicted octanol–water partition coefficient (Wildman–Crippen LogP) is 5.92. The lowest BCUT2D eigenvalue weighted by Gasteiger charge is -2.32. The molecule has 1 aromatic heterocycles. The number of allylic oxidation sites excluding steroid dienone is 1. The highest BCUT2D eigenvalue weighted by Gasteiger charge is 2.22. The number of ether oxygens (including phenoxy) is 2. The molecule has 162 valence electrons. The SMILES string of the molecule is COc1ccc(-c2coc3cc(OC)c(/C(C)=C/C(=O)N4CCCCC4C)cc23)cc1. The Kier molecular flexibility index (Phi) is 6.03. The number of carbonyl (C=O) groups excluding carboxylic acids is 1. The molecule has 1 aliphatic heterocycles. The zero-order chi connectivity index (χ0) is 22.0. The highest BCUT2D eigenvalue weighted by molar-refractivity contribution is 6.00. The zero-order valence-electron chi connectivity index (χ0n) is 18.6. The second kappa shape index (κ2) is 8.88. The summed E-state index contributed by atoms with van der Waals surface area (Å²) >= 11 is 0. The van der Waals surface area contributed by atoms with E-state index < -0.39 is 0 Å². The van der Waals surface area contributed by atoms with Crippen molar-refractivity contribution in [1.82, 2.24) is 4.90 Å². The largest absolute Gasteiger partial charge is 0.497 e. The molecule has 1 fully saturated rings. The summed E-state index contributed by atoms with van der Waals surface area (Å²) in [6.45, 7) is 4.91. The molecule has 1 atom stereocenters. The normalized spacial score (nSPS) is 17.1. The van der Waals surface area contributed by atoms with E-state index in [2.05, 4.69) is 13.0 Å². The van der Waals surface area contributed by atoms with Crippen LogP contribution in [0.4, 0.5) is 0 Å². The Morgan fingerprint density at radius 2 is 1.90 bits per heavy atom. The van der Waals surface area contributed by atoms with Gasteiger partial charge in [-0.2, -0.15) is 0 Å². The second-order valence-electron chi connectivity index (χ2n) is 8.13. The van der Waals surface area contributed by atoms with Crippen LogP contribution in [-0.4, -0.2) is 37.6 Å². The van der Waals surface area contributed by atoms with Gasteiger partial charge in [-0.1, -0.05) is 12.1 Å². The Morgan fingerprint density at radius 1 is 1.13 bits per heavy atom. The van der Waals surface area contributed by atoms with Crippen LogP contribution in [0.25, 0.3) is 27.7 Å². The number of benzene rings is 2. The van der Waals surface area contributed by atoms with Crippen LogP contribution in [0.15, 0.2) is 53.2 Å². The van der Waals surface area contributed by atoms with E-state index in [1.807, 2.05) is 42.2 Å². The van der Waals surface area contributed by atoms with Crippen molar-refractivity contribution in [3.63, 3.8) is 0 Å². The monoisotopic (exact) mass is 419 g/mol. The van der Waals surface area contributed by atoms with Crippen molar-refractivity contribution >= 4 is 22.4 Å². The molecule has 0 radical (unpaired) electrons. The molecule has 3 aromatic rings. The summed E-state index contributed by atoms with van der Waals surface area (Å²) in [6.07, 6.45) is 6.81. The van der Waals surface area contributed by atoms with Gasteiger partial charge in [-0.15, -0.1) is 0 Å². The lowest BCUT2D eigenvalue weighted by Crippen LogP contribution is -2.41. The first-order valence-electron chi connectivity index (χ1n) is 10.7. The number of amides is 1. The highest BCUT2D eigenvalue weighted by atomic mass is 16.5. The van der Waals surface area contributed by atoms with Crippen LogP contribution in [-0.2, 0) is 4.79 Å². The van der Waals surface area contributed by atoms with Gasteiger partial charge >= 0.3 is 0 Å². The van der Waals surface area contributed by atoms with E-state index in [1.165, 1.54) is 6.42 Å². The van der Waals surface area contributed by atoms with Crippen LogP contribution in [0.1, 0.15) is 38.7 Å². The van der Waals surface area contributed by atoms with Gasteiger partial charge in [-0.3, -0.25) is 4.79 Å². The number of nitrogens with zero attached hydrogens (tertiary/aromatic N) is 1. The summed E-state index contributed by atoms with van der Waals surface area (Å²) < 4.78 is 16.7. The van der Waals surface area contributed by atoms with Crippen LogP contribution < -0.4 is 9.47 Å². The Labute approximate surface area is 183 Å². The number of carbonyl (C=O) groups is 1. The van der Waals surface area contributed by atoms with Crippen LogP contribution in [0, 0.1) is 0 Å². The van der Waals surface area contributed by atoms with Crippen LogP contribution in [0.5, 0.6) is 11.5 Å². The number of likely N-dealkylation sites (tertiary alicyclic amines) is 1. The van der Waals surface area contributed by atoms with E-state index in [1.54, 1.807) is 26.6 Å². The van der Waals surface area contributed by atoms with E-state index in [0.717, 1.165) is 58.4 Å². The minimum absolute atomic E-state index is 0.0643. The third-order valence-electron chi connectivity index (χ3n) is 6.15. The molecule has 2 heterocycles. The Hall–Kier alpha value is -3.21. The minimum atomic E-state index is 0.0643. The van der Waals surface area contributed by atoms with Crippen molar-refractivity contribution in [3.8, 4) is 22.6 Å². The molecular formula is C26H29NO4. The van der Waals surface area contributed by atoms with Gasteiger partial charge in [0.05, 0.1) is 20.5 Å². The number of rotatable bonds is 5. The fourth-order valence-electron chi connectivity index (χ4n) is 4.30. The molecule has 0 saturated carbocycles. The molecule has 1 saturated heterocycles. The molecule has 4 rings (SSSR count). The third-order valence-corrected chi connectivity index (χ3v) is 6.15. The summed E-state index contributed by atoms with van der Waals surface area (Å²) in [6, 6.07) is 12.1. The summed E-state index contributed by atoms with van der Waals surface area (Å²) in [5.41, 5.74) is 4.55. The predicted molar refractivity (Wildman–Crippen MR) is 123 cm³/mol. The van der Waals surface area contributed by atoms with Crippen molar-refractivity contribution in [3.05, 3.63) is 54.3 Å². The first kappa shape index (κ1) is 21.0. The van der Waals surface area contributed by atoms with E-state index in [0.29, 0.717) is 5.75 Å². The van der Waals surface area contributed by atoms with E-state index >= 15 is 0 Å². The van der Waals surface area contributed by atoms with E-state index in [-0.39, 0.29) is 11.9 Å². The summed E-state index contributed by atoms with van der Waals surface area (Å²) in [5.74, 6) is 1.56. The van der Waals surface area contributed by atoms with E-state index in [4.69, 9.17) is 13.9 Å². The Morgan fingerprint density at radius 3 is 2.58 bits per heavy atom. The van der Waals surface area contributed by atoms with Gasteiger partial charge in [-0.05, 0) is 62.4 Å². The summed E-state index contributed by atoms with van der Waals surface area (Å²) in [7, 11) is 3.29. The average Bonchev–Trinajstić information content (AvgIpc) is 3.21. The molecule has 2 aromatic carbocycles. The van der Waals surface area contributed by atoms with Gasteiger partial charge in [0.1, 0.15) is 17.1 Å². The molecule has 0 N–H and O–H groups in total. The molecule has 1 unspecified atom stereocenters. The molecule has 5 nitrogen and oxygen atoms in total. The van der Waals surface area contributed by atoms with Gasteiger partial charge in [-0.25, -0.2) is 0 Å². The van der Waals surface area contributed by atoms with Crippen molar-refractivity contribution in [2.45, 2.75) is 39.2 Å². The lowest BCUT2D eigenvalue weighted by atomic mass is 9.98. The van der Waals surface area contributed by atoms with Gasteiger partial charge in [0.25, 0.3) is 0 Å². The maximum atomic E-state index is 12.9. The Balaban J connectivity index is 1.73. The maximum absolute atomic E-state index is 12.9. The maximum Gasteiger partial charge on any atom is 0.247 e. The van der Waals surface area contributed by atoms with Crippen LogP contribution in [0.3, 0.4) is 0 Å². The molecule has 31 heavy (non-hydrogen) atoms. The second-order valence-corrected chi connectivity index (χ2v) is 8.13. The standard InChI is InChI=1S/C26H29NO4/c1-17(13-26(28)27-12-6-5-7-18(27)2)21-14-22-23(16-31-25(22)15-24(21)30-4)19-8-10-20(29-3)11-9-19/h8-11,13-16,18H,5-7,12H2,1-4H3/b17-13+.